The Morgan fingerprint density at radius 2 is 2.00 bits per heavy atom. The molecule has 0 unspecified atom stereocenters. The predicted octanol–water partition coefficient (Wildman–Crippen LogP) is 2.16. The summed E-state index contributed by atoms with van der Waals surface area (Å²) in [7, 11) is 0. The lowest BCUT2D eigenvalue weighted by Gasteiger charge is -2.11. The summed E-state index contributed by atoms with van der Waals surface area (Å²) in [6.45, 7) is 2.24. The lowest BCUT2D eigenvalue weighted by Crippen LogP contribution is -2.17. The van der Waals surface area contributed by atoms with Gasteiger partial charge in [0.15, 0.2) is 11.6 Å². The van der Waals surface area contributed by atoms with Crippen molar-refractivity contribution in [2.45, 2.75) is 26.0 Å². The summed E-state index contributed by atoms with van der Waals surface area (Å²) in [5.41, 5.74) is 1.56. The Morgan fingerprint density at radius 1 is 1.15 bits per heavy atom. The summed E-state index contributed by atoms with van der Waals surface area (Å²) in [6, 6.07) is 11.2. The first kappa shape index (κ1) is 16.2. The van der Waals surface area contributed by atoms with Crippen LogP contribution in [-0.2, 0) is 6.54 Å². The molecule has 9 nitrogen and oxygen atoms in total. The SMILES string of the molecule is CC[C@@H](O)Cn1nc(-c2ccco2)nc1-c1ccccc1-c1nn[nH]n1. The number of benzene rings is 1. The molecule has 3 aromatic heterocycles. The number of furan rings is 1. The summed E-state index contributed by atoms with van der Waals surface area (Å²) in [6.07, 6.45) is 1.66. The molecule has 0 bridgehead atoms. The number of hydrogen-bond acceptors (Lipinski definition) is 7. The van der Waals surface area contributed by atoms with Gasteiger partial charge in [0.2, 0.25) is 11.6 Å². The zero-order valence-electron chi connectivity index (χ0n) is 14.1. The fraction of sp³-hybridized carbons (Fsp3) is 0.235. The van der Waals surface area contributed by atoms with Crippen molar-refractivity contribution in [2.75, 3.05) is 0 Å². The number of nitrogens with zero attached hydrogens (tertiary/aromatic N) is 6. The smallest absolute Gasteiger partial charge is 0.217 e. The van der Waals surface area contributed by atoms with Gasteiger partial charge in [-0.25, -0.2) is 9.67 Å². The molecule has 0 saturated carbocycles. The van der Waals surface area contributed by atoms with Gasteiger partial charge in [-0.2, -0.15) is 5.21 Å². The summed E-state index contributed by atoms with van der Waals surface area (Å²) in [5.74, 6) is 2.08. The number of aromatic amines is 1. The summed E-state index contributed by atoms with van der Waals surface area (Å²) >= 11 is 0. The van der Waals surface area contributed by atoms with Crippen LogP contribution >= 0.6 is 0 Å². The van der Waals surface area contributed by atoms with E-state index in [0.29, 0.717) is 36.2 Å². The van der Waals surface area contributed by atoms with E-state index in [1.54, 1.807) is 23.1 Å². The van der Waals surface area contributed by atoms with Crippen LogP contribution < -0.4 is 0 Å². The number of H-pyrrole nitrogens is 1. The molecule has 0 aliphatic heterocycles. The number of tetrazole rings is 1. The Bertz CT molecular complexity index is 977. The Hall–Kier alpha value is -3.33. The van der Waals surface area contributed by atoms with Crippen LogP contribution in [0, 0.1) is 0 Å². The zero-order valence-corrected chi connectivity index (χ0v) is 14.1. The lowest BCUT2D eigenvalue weighted by atomic mass is 10.1. The summed E-state index contributed by atoms with van der Waals surface area (Å²) in [4.78, 5) is 4.64. The normalized spacial score (nSPS) is 12.4. The number of nitrogens with one attached hydrogen (secondary N) is 1. The molecular weight excluding hydrogens is 334 g/mol. The number of rotatable bonds is 6. The molecule has 0 fully saturated rings. The fourth-order valence-electron chi connectivity index (χ4n) is 2.66. The van der Waals surface area contributed by atoms with E-state index in [1.165, 1.54) is 0 Å². The molecule has 26 heavy (non-hydrogen) atoms. The van der Waals surface area contributed by atoms with Crippen LogP contribution in [0.1, 0.15) is 13.3 Å². The molecule has 0 amide bonds. The van der Waals surface area contributed by atoms with Gasteiger partial charge in [-0.05, 0) is 23.8 Å². The van der Waals surface area contributed by atoms with Gasteiger partial charge in [-0.1, -0.05) is 31.2 Å². The number of aliphatic hydroxyl groups excluding tert-OH is 1. The van der Waals surface area contributed by atoms with E-state index in [4.69, 9.17) is 4.42 Å². The minimum atomic E-state index is -0.530. The average Bonchev–Trinajstić information content (AvgIpc) is 3.42. The standard InChI is InChI=1S/C17H17N7O2/c1-2-11(25)10-24-17(18-16(21-24)14-8-5-9-26-14)13-7-4-3-6-12(13)15-19-22-23-20-15/h3-9,11,25H,2,10H2,1H3,(H,19,20,22,23)/t11-/m1/s1. The van der Waals surface area contributed by atoms with Gasteiger partial charge in [-0.3, -0.25) is 0 Å². The van der Waals surface area contributed by atoms with Crippen molar-refractivity contribution in [3.63, 3.8) is 0 Å². The van der Waals surface area contributed by atoms with E-state index < -0.39 is 6.10 Å². The molecule has 3 heterocycles. The molecule has 9 heteroatoms. The van der Waals surface area contributed by atoms with E-state index in [0.717, 1.165) is 11.1 Å². The van der Waals surface area contributed by atoms with Crippen molar-refractivity contribution >= 4 is 0 Å². The van der Waals surface area contributed by atoms with E-state index in [1.807, 2.05) is 31.2 Å². The Labute approximate surface area is 148 Å². The van der Waals surface area contributed by atoms with Crippen LogP contribution in [0.25, 0.3) is 34.4 Å². The predicted molar refractivity (Wildman–Crippen MR) is 92.6 cm³/mol. The first-order valence-electron chi connectivity index (χ1n) is 8.26. The first-order valence-corrected chi connectivity index (χ1v) is 8.26. The van der Waals surface area contributed by atoms with E-state index in [-0.39, 0.29) is 0 Å². The maximum atomic E-state index is 10.1. The fourth-order valence-corrected chi connectivity index (χ4v) is 2.66. The van der Waals surface area contributed by atoms with Gasteiger partial charge in [0.05, 0.1) is 18.9 Å². The van der Waals surface area contributed by atoms with Gasteiger partial charge in [0.25, 0.3) is 0 Å². The number of aliphatic hydroxyl groups is 1. The van der Waals surface area contributed by atoms with Crippen molar-refractivity contribution < 1.29 is 9.52 Å². The van der Waals surface area contributed by atoms with Crippen molar-refractivity contribution in [3.8, 4) is 34.4 Å². The highest BCUT2D eigenvalue weighted by molar-refractivity contribution is 5.77. The van der Waals surface area contributed by atoms with Crippen LogP contribution in [0.3, 0.4) is 0 Å². The van der Waals surface area contributed by atoms with Crippen LogP contribution in [0.4, 0.5) is 0 Å². The van der Waals surface area contributed by atoms with Gasteiger partial charge >= 0.3 is 0 Å². The third kappa shape index (κ3) is 3.00. The molecule has 4 aromatic rings. The molecule has 132 valence electrons. The van der Waals surface area contributed by atoms with Crippen molar-refractivity contribution in [1.29, 1.82) is 0 Å². The molecule has 1 atom stereocenters. The molecule has 0 aliphatic rings. The molecule has 1 aromatic carbocycles. The second-order valence-electron chi connectivity index (χ2n) is 5.76. The van der Waals surface area contributed by atoms with Crippen LogP contribution in [-0.4, -0.2) is 46.6 Å². The summed E-state index contributed by atoms with van der Waals surface area (Å²) in [5, 5.41) is 28.9. The first-order chi connectivity index (χ1) is 12.8. The third-order valence-corrected chi connectivity index (χ3v) is 4.02. The average molecular weight is 351 g/mol. The largest absolute Gasteiger partial charge is 0.461 e. The maximum Gasteiger partial charge on any atom is 0.217 e. The minimum absolute atomic E-state index is 0.320. The number of hydrogen-bond donors (Lipinski definition) is 2. The highest BCUT2D eigenvalue weighted by atomic mass is 16.3. The van der Waals surface area contributed by atoms with Crippen LogP contribution in [0.5, 0.6) is 0 Å². The lowest BCUT2D eigenvalue weighted by molar-refractivity contribution is 0.146. The molecule has 4 rings (SSSR count). The molecule has 0 aliphatic carbocycles. The maximum absolute atomic E-state index is 10.1. The topological polar surface area (TPSA) is 119 Å². The van der Waals surface area contributed by atoms with Gasteiger partial charge < -0.3 is 9.52 Å². The molecule has 0 radical (unpaired) electrons. The van der Waals surface area contributed by atoms with Crippen molar-refractivity contribution in [3.05, 3.63) is 42.7 Å². The Morgan fingerprint density at radius 3 is 2.69 bits per heavy atom. The van der Waals surface area contributed by atoms with Crippen LogP contribution in [0.15, 0.2) is 47.1 Å². The monoisotopic (exact) mass is 351 g/mol. The third-order valence-electron chi connectivity index (χ3n) is 4.02. The second-order valence-corrected chi connectivity index (χ2v) is 5.76. The highest BCUT2D eigenvalue weighted by Crippen LogP contribution is 2.30. The van der Waals surface area contributed by atoms with Gasteiger partial charge in [0.1, 0.15) is 0 Å². The van der Waals surface area contributed by atoms with E-state index in [2.05, 4.69) is 30.7 Å². The van der Waals surface area contributed by atoms with E-state index in [9.17, 15) is 5.11 Å². The Kier molecular flexibility index (Phi) is 4.28. The highest BCUT2D eigenvalue weighted by Gasteiger charge is 2.20. The van der Waals surface area contributed by atoms with Crippen LogP contribution in [0.2, 0.25) is 0 Å². The quantitative estimate of drug-likeness (QED) is 0.546. The van der Waals surface area contributed by atoms with Crippen molar-refractivity contribution in [1.82, 2.24) is 35.4 Å². The van der Waals surface area contributed by atoms with Gasteiger partial charge in [0, 0.05) is 11.1 Å². The zero-order chi connectivity index (χ0) is 17.9. The second kappa shape index (κ2) is 6.89. The Balaban J connectivity index is 1.86. The molecule has 0 spiro atoms. The number of aromatic nitrogens is 7. The van der Waals surface area contributed by atoms with Gasteiger partial charge in [-0.15, -0.1) is 15.3 Å². The van der Waals surface area contributed by atoms with E-state index >= 15 is 0 Å². The summed E-state index contributed by atoms with van der Waals surface area (Å²) < 4.78 is 7.10. The molecule has 2 N–H and O–H groups in total. The van der Waals surface area contributed by atoms with Crippen molar-refractivity contribution in [2.24, 2.45) is 0 Å². The molecule has 0 saturated heterocycles. The molecular formula is C17H17N7O2. The minimum Gasteiger partial charge on any atom is -0.461 e.